The van der Waals surface area contributed by atoms with E-state index in [0.717, 1.165) is 11.7 Å². The maximum absolute atomic E-state index is 11.2. The van der Waals surface area contributed by atoms with Crippen LogP contribution in [0.25, 0.3) is 5.82 Å². The Labute approximate surface area is 94.2 Å². The third kappa shape index (κ3) is 1.83. The van der Waals surface area contributed by atoms with E-state index < -0.39 is 0 Å². The molecule has 0 radical (unpaired) electrons. The fourth-order valence-electron chi connectivity index (χ4n) is 1.00. The topological polar surface area (TPSA) is 72.7 Å². The van der Waals surface area contributed by atoms with Crippen LogP contribution in [0, 0.1) is 0 Å². The van der Waals surface area contributed by atoms with Crippen LogP contribution in [0.2, 0.25) is 5.15 Å². The lowest BCUT2D eigenvalue weighted by Gasteiger charge is -1.95. The Morgan fingerprint density at radius 3 is 3.00 bits per heavy atom. The Kier molecular flexibility index (Phi) is 2.65. The third-order valence-electron chi connectivity index (χ3n) is 1.70. The predicted octanol–water partition coefficient (Wildman–Crippen LogP) is 0.737. The van der Waals surface area contributed by atoms with Crippen LogP contribution < -0.4 is 5.32 Å². The van der Waals surface area contributed by atoms with Crippen molar-refractivity contribution in [1.82, 2.24) is 23.8 Å². The molecule has 0 atom stereocenters. The molecule has 78 valence electrons. The van der Waals surface area contributed by atoms with E-state index in [0.29, 0.717) is 11.5 Å². The van der Waals surface area contributed by atoms with E-state index in [9.17, 15) is 4.79 Å². The van der Waals surface area contributed by atoms with Gasteiger partial charge in [0.05, 0.1) is 11.7 Å². The molecule has 0 unspecified atom stereocenters. The number of rotatable bonds is 2. The molecule has 0 bridgehead atoms. The minimum absolute atomic E-state index is 0.256. The molecule has 0 saturated heterocycles. The summed E-state index contributed by atoms with van der Waals surface area (Å²) < 4.78 is 9.17. The fraction of sp³-hybridized carbons (Fsp3) is 0.143. The molecule has 0 aromatic carbocycles. The maximum atomic E-state index is 11.2. The summed E-state index contributed by atoms with van der Waals surface area (Å²) in [7, 11) is 1.54. The number of carbonyl (C=O) groups excluding carboxylic acids is 1. The minimum Gasteiger partial charge on any atom is -0.354 e. The first-order valence-corrected chi connectivity index (χ1v) is 5.09. The molecular weight excluding hydrogens is 238 g/mol. The van der Waals surface area contributed by atoms with Crippen molar-refractivity contribution in [2.45, 2.75) is 0 Å². The van der Waals surface area contributed by atoms with Gasteiger partial charge >= 0.3 is 0 Å². The van der Waals surface area contributed by atoms with Crippen LogP contribution in [0.1, 0.15) is 10.5 Å². The van der Waals surface area contributed by atoms with E-state index in [4.69, 9.17) is 11.6 Å². The Morgan fingerprint density at radius 2 is 2.40 bits per heavy atom. The monoisotopic (exact) mass is 243 g/mol. The molecule has 0 aliphatic rings. The van der Waals surface area contributed by atoms with Gasteiger partial charge in [0, 0.05) is 13.2 Å². The van der Waals surface area contributed by atoms with Gasteiger partial charge in [0.25, 0.3) is 5.91 Å². The number of nitrogens with zero attached hydrogens (tertiary/aromatic N) is 4. The van der Waals surface area contributed by atoms with Crippen molar-refractivity contribution in [2.75, 3.05) is 7.05 Å². The third-order valence-corrected chi connectivity index (χ3v) is 2.57. The van der Waals surface area contributed by atoms with Crippen LogP contribution >= 0.6 is 23.3 Å². The zero-order valence-electron chi connectivity index (χ0n) is 7.64. The molecule has 0 aliphatic heterocycles. The van der Waals surface area contributed by atoms with E-state index in [-0.39, 0.29) is 11.1 Å². The molecule has 8 heteroatoms. The number of hydrogen-bond acceptors (Lipinski definition) is 5. The molecule has 2 heterocycles. The van der Waals surface area contributed by atoms with E-state index in [1.54, 1.807) is 19.3 Å². The van der Waals surface area contributed by atoms with Gasteiger partial charge in [-0.05, 0) is 6.07 Å². The highest BCUT2D eigenvalue weighted by molar-refractivity contribution is 6.99. The van der Waals surface area contributed by atoms with Crippen molar-refractivity contribution in [3.05, 3.63) is 23.1 Å². The van der Waals surface area contributed by atoms with Crippen molar-refractivity contribution in [2.24, 2.45) is 0 Å². The molecule has 0 spiro atoms. The Balaban J connectivity index is 2.36. The summed E-state index contributed by atoms with van der Waals surface area (Å²) >= 11 is 6.76. The molecule has 1 amide bonds. The standard InChI is InChI=1S/C7H6ClN5OS/c1-9-7(14)4-2-3-13(10-4)6-5(8)11-15-12-6/h2-3H,1H3,(H,9,14). The Bertz CT molecular complexity index is 493. The summed E-state index contributed by atoms with van der Waals surface area (Å²) in [5.41, 5.74) is 0.307. The molecule has 15 heavy (non-hydrogen) atoms. The van der Waals surface area contributed by atoms with Gasteiger partial charge in [0.2, 0.25) is 5.82 Å². The van der Waals surface area contributed by atoms with Crippen LogP contribution in [0.3, 0.4) is 0 Å². The molecule has 6 nitrogen and oxygen atoms in total. The highest BCUT2D eigenvalue weighted by Gasteiger charge is 2.12. The Hall–Kier alpha value is -1.47. The van der Waals surface area contributed by atoms with Gasteiger partial charge in [0.15, 0.2) is 10.8 Å². The highest BCUT2D eigenvalue weighted by atomic mass is 35.5. The maximum Gasteiger partial charge on any atom is 0.271 e. The van der Waals surface area contributed by atoms with Crippen molar-refractivity contribution in [3.8, 4) is 5.82 Å². The van der Waals surface area contributed by atoms with Gasteiger partial charge in [-0.3, -0.25) is 4.79 Å². The molecule has 2 rings (SSSR count). The average molecular weight is 244 g/mol. The number of amides is 1. The van der Waals surface area contributed by atoms with E-state index in [2.05, 4.69) is 19.2 Å². The molecule has 0 fully saturated rings. The van der Waals surface area contributed by atoms with Crippen molar-refractivity contribution >= 4 is 29.2 Å². The zero-order valence-corrected chi connectivity index (χ0v) is 9.21. The highest BCUT2D eigenvalue weighted by Crippen LogP contribution is 2.16. The van der Waals surface area contributed by atoms with Gasteiger partial charge in [-0.2, -0.15) is 13.8 Å². The first-order valence-electron chi connectivity index (χ1n) is 3.98. The molecular formula is C7H6ClN5OS. The summed E-state index contributed by atoms with van der Waals surface area (Å²) in [5, 5.41) is 6.75. The lowest BCUT2D eigenvalue weighted by Crippen LogP contribution is -2.18. The summed E-state index contributed by atoms with van der Waals surface area (Å²) in [4.78, 5) is 11.2. The minimum atomic E-state index is -0.256. The number of halogens is 1. The van der Waals surface area contributed by atoms with E-state index in [1.165, 1.54) is 4.68 Å². The predicted molar refractivity (Wildman–Crippen MR) is 55.4 cm³/mol. The van der Waals surface area contributed by atoms with Crippen LogP contribution in [0.15, 0.2) is 12.3 Å². The SMILES string of the molecule is CNC(=O)c1ccn(-c2nsnc2Cl)n1. The second-order valence-electron chi connectivity index (χ2n) is 2.60. The zero-order chi connectivity index (χ0) is 10.8. The normalized spacial score (nSPS) is 10.3. The first-order chi connectivity index (χ1) is 7.22. The lowest BCUT2D eigenvalue weighted by atomic mass is 10.4. The van der Waals surface area contributed by atoms with E-state index >= 15 is 0 Å². The molecule has 0 aliphatic carbocycles. The van der Waals surface area contributed by atoms with Gasteiger partial charge < -0.3 is 5.32 Å². The largest absolute Gasteiger partial charge is 0.354 e. The summed E-state index contributed by atoms with van der Waals surface area (Å²) in [6, 6.07) is 1.58. The van der Waals surface area contributed by atoms with Gasteiger partial charge in [-0.25, -0.2) is 4.68 Å². The van der Waals surface area contributed by atoms with Crippen molar-refractivity contribution in [1.29, 1.82) is 0 Å². The number of hydrogen-bond donors (Lipinski definition) is 1. The fourth-order valence-corrected chi connectivity index (χ4v) is 1.71. The van der Waals surface area contributed by atoms with Gasteiger partial charge in [0.1, 0.15) is 0 Å². The first kappa shape index (κ1) is 10.1. The average Bonchev–Trinajstić information content (AvgIpc) is 2.84. The summed E-state index contributed by atoms with van der Waals surface area (Å²) in [5.74, 6) is 0.171. The summed E-state index contributed by atoms with van der Waals surface area (Å²) in [6.07, 6.45) is 1.60. The van der Waals surface area contributed by atoms with Crippen molar-refractivity contribution in [3.63, 3.8) is 0 Å². The quantitative estimate of drug-likeness (QED) is 0.844. The van der Waals surface area contributed by atoms with Crippen molar-refractivity contribution < 1.29 is 4.79 Å². The Morgan fingerprint density at radius 1 is 1.60 bits per heavy atom. The smallest absolute Gasteiger partial charge is 0.271 e. The molecule has 2 aromatic rings. The summed E-state index contributed by atoms with van der Waals surface area (Å²) in [6.45, 7) is 0. The van der Waals surface area contributed by atoms with Crippen LogP contribution in [0.5, 0.6) is 0 Å². The number of aromatic nitrogens is 4. The second kappa shape index (κ2) is 3.95. The van der Waals surface area contributed by atoms with Crippen LogP contribution in [-0.2, 0) is 0 Å². The van der Waals surface area contributed by atoms with Crippen LogP contribution in [0.4, 0.5) is 0 Å². The van der Waals surface area contributed by atoms with Crippen LogP contribution in [-0.4, -0.2) is 31.5 Å². The molecule has 1 N–H and O–H groups in total. The number of carbonyl (C=O) groups is 1. The second-order valence-corrected chi connectivity index (χ2v) is 3.49. The van der Waals surface area contributed by atoms with Gasteiger partial charge in [-0.1, -0.05) is 11.6 Å². The van der Waals surface area contributed by atoms with E-state index in [1.807, 2.05) is 0 Å². The molecule has 0 saturated carbocycles. The molecule has 2 aromatic heterocycles. The number of nitrogens with one attached hydrogen (secondary N) is 1. The lowest BCUT2D eigenvalue weighted by molar-refractivity contribution is 0.0957. The van der Waals surface area contributed by atoms with Gasteiger partial charge in [-0.15, -0.1) is 0 Å².